The number of nitrogens with one attached hydrogen (secondary N) is 1. The van der Waals surface area contributed by atoms with Gasteiger partial charge in [-0.25, -0.2) is 4.68 Å². The van der Waals surface area contributed by atoms with E-state index in [0.717, 1.165) is 36.2 Å². The van der Waals surface area contributed by atoms with Gasteiger partial charge in [-0.05, 0) is 77.1 Å². The molecule has 7 heteroatoms. The summed E-state index contributed by atoms with van der Waals surface area (Å²) in [5.74, 6) is -0.00933. The maximum absolute atomic E-state index is 12.7. The lowest BCUT2D eigenvalue weighted by molar-refractivity contribution is -0.122. The van der Waals surface area contributed by atoms with Gasteiger partial charge in [0.25, 0.3) is 0 Å². The quantitative estimate of drug-likeness (QED) is 0.594. The van der Waals surface area contributed by atoms with Crippen molar-refractivity contribution in [1.82, 2.24) is 24.9 Å². The van der Waals surface area contributed by atoms with Gasteiger partial charge in [0.2, 0.25) is 5.91 Å². The van der Waals surface area contributed by atoms with Crippen molar-refractivity contribution >= 4 is 11.7 Å². The minimum Gasteiger partial charge on any atom is -0.349 e. The molecule has 1 atom stereocenters. The molecule has 7 nitrogen and oxygen atoms in total. The molecule has 1 N–H and O–H groups in total. The van der Waals surface area contributed by atoms with E-state index in [1.54, 1.807) is 11.6 Å². The number of Topliss-reactive ketones (excluding diaryl/α,β-unsaturated/α-hetero) is 1. The summed E-state index contributed by atoms with van der Waals surface area (Å²) < 4.78 is 3.77. The van der Waals surface area contributed by atoms with Crippen LogP contribution in [0.5, 0.6) is 0 Å². The molecule has 0 saturated carbocycles. The second kappa shape index (κ2) is 8.73. The van der Waals surface area contributed by atoms with Crippen LogP contribution in [0.4, 0.5) is 0 Å². The first-order chi connectivity index (χ1) is 15.3. The molecule has 0 bridgehead atoms. The van der Waals surface area contributed by atoms with Gasteiger partial charge in [0.05, 0.1) is 29.2 Å². The molecule has 1 aliphatic carbocycles. The fourth-order valence-corrected chi connectivity index (χ4v) is 4.68. The van der Waals surface area contributed by atoms with Crippen LogP contribution in [0.25, 0.3) is 5.69 Å². The molecule has 1 aromatic carbocycles. The van der Waals surface area contributed by atoms with Gasteiger partial charge < -0.3 is 5.32 Å². The molecule has 1 amide bonds. The molecule has 1 aliphatic rings. The molecule has 4 rings (SSSR count). The predicted molar refractivity (Wildman–Crippen MR) is 123 cm³/mol. The lowest BCUT2D eigenvalue weighted by atomic mass is 9.92. The third kappa shape index (κ3) is 4.11. The van der Waals surface area contributed by atoms with Crippen molar-refractivity contribution in [1.29, 1.82) is 0 Å². The average Bonchev–Trinajstić information content (AvgIpc) is 3.29. The van der Waals surface area contributed by atoms with Gasteiger partial charge in [0.1, 0.15) is 0 Å². The van der Waals surface area contributed by atoms with E-state index in [-0.39, 0.29) is 17.7 Å². The normalized spacial score (nSPS) is 15.5. The molecule has 0 unspecified atom stereocenters. The minimum absolute atomic E-state index is 0.00576. The number of fused-ring (bicyclic) bond motifs is 1. The summed E-state index contributed by atoms with van der Waals surface area (Å²) >= 11 is 0. The average molecular weight is 434 g/mol. The highest BCUT2D eigenvalue weighted by Gasteiger charge is 2.26. The van der Waals surface area contributed by atoms with E-state index in [2.05, 4.69) is 47.6 Å². The van der Waals surface area contributed by atoms with Crippen molar-refractivity contribution < 1.29 is 9.59 Å². The number of benzene rings is 1. The molecule has 0 fully saturated rings. The molecule has 168 valence electrons. The summed E-state index contributed by atoms with van der Waals surface area (Å²) in [6, 6.07) is 6.35. The van der Waals surface area contributed by atoms with E-state index in [1.165, 1.54) is 16.8 Å². The van der Waals surface area contributed by atoms with Crippen LogP contribution in [0.1, 0.15) is 76.4 Å². The Morgan fingerprint density at radius 1 is 1.16 bits per heavy atom. The highest BCUT2D eigenvalue weighted by atomic mass is 16.1. The number of rotatable bonds is 6. The molecule has 2 aromatic heterocycles. The van der Waals surface area contributed by atoms with E-state index < -0.39 is 0 Å². The first-order valence-corrected chi connectivity index (χ1v) is 11.2. The van der Waals surface area contributed by atoms with Gasteiger partial charge >= 0.3 is 0 Å². The number of aryl methyl sites for hydroxylation is 4. The highest BCUT2D eigenvalue weighted by molar-refractivity contribution is 5.96. The Morgan fingerprint density at radius 3 is 2.62 bits per heavy atom. The van der Waals surface area contributed by atoms with Crippen molar-refractivity contribution in [2.24, 2.45) is 0 Å². The van der Waals surface area contributed by atoms with Gasteiger partial charge in [-0.3, -0.25) is 14.3 Å². The molecule has 0 saturated heterocycles. The van der Waals surface area contributed by atoms with Gasteiger partial charge in [0, 0.05) is 29.9 Å². The molecule has 0 aliphatic heterocycles. The first-order valence-electron chi connectivity index (χ1n) is 11.2. The zero-order valence-electron chi connectivity index (χ0n) is 19.5. The Morgan fingerprint density at radius 2 is 1.94 bits per heavy atom. The topological polar surface area (TPSA) is 81.8 Å². The number of hydrogen-bond donors (Lipinski definition) is 1. The molecule has 3 aromatic rings. The molecule has 0 spiro atoms. The number of aromatic nitrogens is 4. The minimum atomic E-state index is -0.0280. The van der Waals surface area contributed by atoms with Crippen LogP contribution in [0.3, 0.4) is 0 Å². The van der Waals surface area contributed by atoms with E-state index >= 15 is 0 Å². The molecule has 0 radical (unpaired) electrons. The van der Waals surface area contributed by atoms with Crippen molar-refractivity contribution in [3.63, 3.8) is 0 Å². The number of carbonyl (C=O) groups excluding carboxylic acids is 2. The first kappa shape index (κ1) is 22.0. The van der Waals surface area contributed by atoms with Gasteiger partial charge in [-0.1, -0.05) is 6.07 Å². The monoisotopic (exact) mass is 433 g/mol. The smallest absolute Gasteiger partial charge is 0.222 e. The van der Waals surface area contributed by atoms with Crippen molar-refractivity contribution in [2.75, 3.05) is 0 Å². The van der Waals surface area contributed by atoms with Gasteiger partial charge in [-0.15, -0.1) is 0 Å². The molecule has 32 heavy (non-hydrogen) atoms. The zero-order chi connectivity index (χ0) is 23.0. The van der Waals surface area contributed by atoms with E-state index in [0.29, 0.717) is 24.2 Å². The van der Waals surface area contributed by atoms with Crippen molar-refractivity contribution in [3.8, 4) is 5.69 Å². The molecular weight excluding hydrogens is 402 g/mol. The van der Waals surface area contributed by atoms with E-state index in [9.17, 15) is 9.59 Å². The van der Waals surface area contributed by atoms with Crippen LogP contribution in [0, 0.1) is 27.7 Å². The lowest BCUT2D eigenvalue weighted by Gasteiger charge is -2.24. The van der Waals surface area contributed by atoms with Crippen LogP contribution in [-0.4, -0.2) is 31.3 Å². The second-order valence-corrected chi connectivity index (χ2v) is 8.81. The standard InChI is InChI=1S/C25H31N5O2/c1-15-9-10-20(13-16(15)2)30-23-8-6-7-22(21(23)14-26-30)27-24(32)11-12-29-18(4)25(19(5)31)17(3)28-29/h9-10,13-14,22H,6-8,11-12H2,1-5H3,(H,27,32)/t22-/m0/s1. The Hall–Kier alpha value is -3.22. The van der Waals surface area contributed by atoms with Crippen molar-refractivity contribution in [2.45, 2.75) is 72.9 Å². The highest BCUT2D eigenvalue weighted by Crippen LogP contribution is 2.31. The zero-order valence-corrected chi connectivity index (χ0v) is 19.5. The Balaban J connectivity index is 1.46. The van der Waals surface area contributed by atoms with E-state index in [4.69, 9.17) is 0 Å². The summed E-state index contributed by atoms with van der Waals surface area (Å²) in [6.45, 7) is 9.93. The van der Waals surface area contributed by atoms with Crippen LogP contribution < -0.4 is 5.32 Å². The Labute approximate surface area is 188 Å². The molecular formula is C25H31N5O2. The second-order valence-electron chi connectivity index (χ2n) is 8.81. The van der Waals surface area contributed by atoms with Gasteiger partial charge in [-0.2, -0.15) is 10.2 Å². The largest absolute Gasteiger partial charge is 0.349 e. The molecule has 2 heterocycles. The summed E-state index contributed by atoms with van der Waals surface area (Å²) in [5.41, 5.74) is 8.03. The number of nitrogens with zero attached hydrogens (tertiary/aromatic N) is 4. The lowest BCUT2D eigenvalue weighted by Crippen LogP contribution is -2.31. The maximum Gasteiger partial charge on any atom is 0.222 e. The Kier molecular flexibility index (Phi) is 6.00. The number of hydrogen-bond acceptors (Lipinski definition) is 4. The summed E-state index contributed by atoms with van der Waals surface area (Å²) in [4.78, 5) is 24.6. The summed E-state index contributed by atoms with van der Waals surface area (Å²) in [7, 11) is 0. The number of carbonyl (C=O) groups is 2. The van der Waals surface area contributed by atoms with Gasteiger partial charge in [0.15, 0.2) is 5.78 Å². The predicted octanol–water partition coefficient (Wildman–Crippen LogP) is 4.09. The fourth-order valence-electron chi connectivity index (χ4n) is 4.68. The summed E-state index contributed by atoms with van der Waals surface area (Å²) in [5, 5.41) is 12.3. The van der Waals surface area contributed by atoms with Crippen LogP contribution in [-0.2, 0) is 17.8 Å². The summed E-state index contributed by atoms with van der Waals surface area (Å²) in [6.07, 6.45) is 5.08. The van der Waals surface area contributed by atoms with Crippen LogP contribution >= 0.6 is 0 Å². The number of amides is 1. The maximum atomic E-state index is 12.7. The van der Waals surface area contributed by atoms with Crippen LogP contribution in [0.2, 0.25) is 0 Å². The third-order valence-corrected chi connectivity index (χ3v) is 6.54. The third-order valence-electron chi connectivity index (χ3n) is 6.54. The Bertz CT molecular complexity index is 1190. The van der Waals surface area contributed by atoms with E-state index in [1.807, 2.05) is 24.7 Å². The van der Waals surface area contributed by atoms with Crippen LogP contribution in [0.15, 0.2) is 24.4 Å². The van der Waals surface area contributed by atoms with Crippen molar-refractivity contribution in [3.05, 3.63) is 63.7 Å². The number of ketones is 1. The fraction of sp³-hybridized carbons (Fsp3) is 0.440. The SMILES string of the molecule is CC(=O)c1c(C)nn(CCC(=O)N[C@H]2CCCc3c2cnn3-c2ccc(C)c(C)c2)c1C.